The second-order valence-corrected chi connectivity index (χ2v) is 7.31. The van der Waals surface area contributed by atoms with Crippen molar-refractivity contribution in [1.82, 2.24) is 5.32 Å². The van der Waals surface area contributed by atoms with E-state index in [2.05, 4.69) is 44.3 Å². The first-order valence-corrected chi connectivity index (χ1v) is 8.18. The first-order chi connectivity index (χ1) is 8.34. The minimum atomic E-state index is -2.88. The molecule has 1 aromatic rings. The van der Waals surface area contributed by atoms with Crippen LogP contribution in [0.2, 0.25) is 0 Å². The van der Waals surface area contributed by atoms with Crippen LogP contribution in [0.5, 0.6) is 0 Å². The Balaban J connectivity index is 2.58. The van der Waals surface area contributed by atoms with Gasteiger partial charge < -0.3 is 5.32 Å². The van der Waals surface area contributed by atoms with Gasteiger partial charge >= 0.3 is 0 Å². The normalized spacial score (nSPS) is 13.6. The maximum atomic E-state index is 11.4. The number of nitrogens with one attached hydrogen (secondary N) is 1. The lowest BCUT2D eigenvalue weighted by molar-refractivity contribution is 0.572. The Morgan fingerprint density at radius 3 is 2.22 bits per heavy atom. The van der Waals surface area contributed by atoms with Crippen molar-refractivity contribution in [3.63, 3.8) is 0 Å². The molecule has 4 heteroatoms. The molecule has 0 saturated carbocycles. The molecule has 1 atom stereocenters. The lowest BCUT2D eigenvalue weighted by Gasteiger charge is -2.15. The highest BCUT2D eigenvalue weighted by molar-refractivity contribution is 7.91. The molecule has 0 saturated heterocycles. The molecular formula is C14H23NO2S. The van der Waals surface area contributed by atoms with Crippen molar-refractivity contribution < 1.29 is 8.42 Å². The summed E-state index contributed by atoms with van der Waals surface area (Å²) in [5.41, 5.74) is 3.68. The topological polar surface area (TPSA) is 46.2 Å². The van der Waals surface area contributed by atoms with E-state index in [-0.39, 0.29) is 17.5 Å². The fourth-order valence-corrected chi connectivity index (χ4v) is 2.67. The van der Waals surface area contributed by atoms with Gasteiger partial charge in [0, 0.05) is 18.3 Å². The smallest absolute Gasteiger partial charge is 0.151 e. The molecule has 0 amide bonds. The lowest BCUT2D eigenvalue weighted by atomic mass is 10.0. The predicted octanol–water partition coefficient (Wildman–Crippen LogP) is 2.39. The molecule has 0 radical (unpaired) electrons. The van der Waals surface area contributed by atoms with Crippen LogP contribution in [0.25, 0.3) is 0 Å². The van der Waals surface area contributed by atoms with E-state index in [1.165, 1.54) is 16.7 Å². The second-order valence-electron chi connectivity index (χ2n) is 4.83. The molecule has 1 aromatic carbocycles. The van der Waals surface area contributed by atoms with Gasteiger partial charge in [-0.05, 0) is 26.3 Å². The Morgan fingerprint density at radius 2 is 1.72 bits per heavy atom. The molecule has 18 heavy (non-hydrogen) atoms. The third kappa shape index (κ3) is 4.78. The van der Waals surface area contributed by atoms with E-state index < -0.39 is 9.84 Å². The number of rotatable bonds is 6. The minimum absolute atomic E-state index is 0.177. The van der Waals surface area contributed by atoms with Crippen LogP contribution in [0.1, 0.15) is 36.6 Å². The Morgan fingerprint density at radius 1 is 1.17 bits per heavy atom. The fourth-order valence-electron chi connectivity index (χ4n) is 1.95. The van der Waals surface area contributed by atoms with Gasteiger partial charge in [0.25, 0.3) is 0 Å². The van der Waals surface area contributed by atoms with Crippen molar-refractivity contribution in [2.75, 3.05) is 18.1 Å². The van der Waals surface area contributed by atoms with Crippen LogP contribution < -0.4 is 5.32 Å². The summed E-state index contributed by atoms with van der Waals surface area (Å²) in [6.07, 6.45) is 0. The van der Waals surface area contributed by atoms with Gasteiger partial charge in [-0.15, -0.1) is 0 Å². The summed E-state index contributed by atoms with van der Waals surface area (Å²) in [6, 6.07) is 6.59. The second kappa shape index (κ2) is 6.34. The van der Waals surface area contributed by atoms with Crippen molar-refractivity contribution in [3.05, 3.63) is 34.9 Å². The van der Waals surface area contributed by atoms with E-state index in [1.807, 2.05) is 0 Å². The summed E-state index contributed by atoms with van der Waals surface area (Å²) in [5, 5.41) is 3.26. The van der Waals surface area contributed by atoms with Gasteiger partial charge in [0.15, 0.2) is 9.84 Å². The largest absolute Gasteiger partial charge is 0.309 e. The van der Waals surface area contributed by atoms with Crippen LogP contribution in [-0.4, -0.2) is 26.5 Å². The molecular weight excluding hydrogens is 246 g/mol. The zero-order valence-corrected chi connectivity index (χ0v) is 12.5. The van der Waals surface area contributed by atoms with Gasteiger partial charge in [0.2, 0.25) is 0 Å². The highest BCUT2D eigenvalue weighted by atomic mass is 32.2. The highest BCUT2D eigenvalue weighted by Gasteiger charge is 2.09. The summed E-state index contributed by atoms with van der Waals surface area (Å²) in [7, 11) is -2.88. The SMILES string of the molecule is CCS(=O)(=O)CCNC(C)c1cc(C)cc(C)c1. The van der Waals surface area contributed by atoms with E-state index in [0.717, 1.165) is 0 Å². The van der Waals surface area contributed by atoms with Crippen molar-refractivity contribution in [3.8, 4) is 0 Å². The van der Waals surface area contributed by atoms with Crippen molar-refractivity contribution in [2.24, 2.45) is 0 Å². The standard InChI is InChI=1S/C14H23NO2S/c1-5-18(16,17)7-6-15-13(4)14-9-11(2)8-12(3)10-14/h8-10,13,15H,5-7H2,1-4H3. The molecule has 3 nitrogen and oxygen atoms in total. The van der Waals surface area contributed by atoms with Crippen LogP contribution in [-0.2, 0) is 9.84 Å². The average molecular weight is 269 g/mol. The van der Waals surface area contributed by atoms with Crippen LogP contribution in [0.4, 0.5) is 0 Å². The van der Waals surface area contributed by atoms with Crippen LogP contribution >= 0.6 is 0 Å². The average Bonchev–Trinajstić information content (AvgIpc) is 2.27. The molecule has 1 rings (SSSR count). The number of hydrogen-bond donors (Lipinski definition) is 1. The number of benzene rings is 1. The van der Waals surface area contributed by atoms with Crippen molar-refractivity contribution in [2.45, 2.75) is 33.7 Å². The first-order valence-electron chi connectivity index (χ1n) is 6.36. The van der Waals surface area contributed by atoms with E-state index >= 15 is 0 Å². The molecule has 102 valence electrons. The summed E-state index contributed by atoms with van der Waals surface area (Å²) in [4.78, 5) is 0. The van der Waals surface area contributed by atoms with Crippen LogP contribution in [0.15, 0.2) is 18.2 Å². The molecule has 0 aliphatic rings. The van der Waals surface area contributed by atoms with Gasteiger partial charge in [-0.3, -0.25) is 0 Å². The Bertz CT molecular complexity index is 474. The number of sulfone groups is 1. The van der Waals surface area contributed by atoms with E-state index in [9.17, 15) is 8.42 Å². The quantitative estimate of drug-likeness (QED) is 0.862. The van der Waals surface area contributed by atoms with Crippen LogP contribution in [0.3, 0.4) is 0 Å². The molecule has 0 spiro atoms. The molecule has 0 aromatic heterocycles. The third-order valence-electron chi connectivity index (χ3n) is 3.05. The monoisotopic (exact) mass is 269 g/mol. The number of hydrogen-bond acceptors (Lipinski definition) is 3. The Labute approximate surface area is 111 Å². The summed E-state index contributed by atoms with van der Waals surface area (Å²) >= 11 is 0. The Hall–Kier alpha value is -0.870. The van der Waals surface area contributed by atoms with Gasteiger partial charge in [-0.2, -0.15) is 0 Å². The van der Waals surface area contributed by atoms with Crippen molar-refractivity contribution >= 4 is 9.84 Å². The summed E-state index contributed by atoms with van der Waals surface area (Å²) in [6.45, 7) is 8.40. The molecule has 0 heterocycles. The Kier molecular flexibility index (Phi) is 5.35. The minimum Gasteiger partial charge on any atom is -0.309 e. The zero-order chi connectivity index (χ0) is 13.8. The molecule has 1 unspecified atom stereocenters. The van der Waals surface area contributed by atoms with E-state index in [1.54, 1.807) is 6.92 Å². The van der Waals surface area contributed by atoms with Crippen LogP contribution in [0, 0.1) is 13.8 Å². The molecule has 1 N–H and O–H groups in total. The molecule has 0 fully saturated rings. The summed E-state index contributed by atoms with van der Waals surface area (Å²) < 4.78 is 22.8. The third-order valence-corrected chi connectivity index (χ3v) is 4.75. The maximum absolute atomic E-state index is 11.4. The molecule has 0 aliphatic heterocycles. The zero-order valence-electron chi connectivity index (χ0n) is 11.7. The van der Waals surface area contributed by atoms with Gasteiger partial charge in [-0.25, -0.2) is 8.42 Å². The maximum Gasteiger partial charge on any atom is 0.151 e. The van der Waals surface area contributed by atoms with Crippen molar-refractivity contribution in [1.29, 1.82) is 0 Å². The van der Waals surface area contributed by atoms with Gasteiger partial charge in [0.1, 0.15) is 0 Å². The number of aryl methyl sites for hydroxylation is 2. The molecule has 0 bridgehead atoms. The van der Waals surface area contributed by atoms with Gasteiger partial charge in [-0.1, -0.05) is 36.2 Å². The van der Waals surface area contributed by atoms with E-state index in [0.29, 0.717) is 6.54 Å². The van der Waals surface area contributed by atoms with Gasteiger partial charge in [0.05, 0.1) is 5.75 Å². The van der Waals surface area contributed by atoms with E-state index in [4.69, 9.17) is 0 Å². The summed E-state index contributed by atoms with van der Waals surface area (Å²) in [5.74, 6) is 0.422. The first kappa shape index (κ1) is 15.2. The predicted molar refractivity (Wildman–Crippen MR) is 76.7 cm³/mol. The molecule has 0 aliphatic carbocycles. The highest BCUT2D eigenvalue weighted by Crippen LogP contribution is 2.16. The fraction of sp³-hybridized carbons (Fsp3) is 0.571. The lowest BCUT2D eigenvalue weighted by Crippen LogP contribution is -2.26.